The standard InChI is InChI=1S/C21H12F4N2O2S/c22-13-6-8-14(9-7-13)26-18-17(16-5-2-10-30-16)19(28)27(20(18)29)15-4-1-3-12(11-15)21(23,24)25/h1-11,26H. The summed E-state index contributed by atoms with van der Waals surface area (Å²) in [6.07, 6.45) is -4.62. The molecule has 1 N–H and O–H groups in total. The van der Waals surface area contributed by atoms with Gasteiger partial charge in [-0.3, -0.25) is 9.59 Å². The number of carbonyl (C=O) groups excluding carboxylic acids is 2. The fourth-order valence-corrected chi connectivity index (χ4v) is 3.80. The maximum absolute atomic E-state index is 13.2. The van der Waals surface area contributed by atoms with E-state index in [0.29, 0.717) is 15.5 Å². The molecule has 2 heterocycles. The van der Waals surface area contributed by atoms with E-state index in [1.165, 1.54) is 41.7 Å². The predicted octanol–water partition coefficient (Wildman–Crippen LogP) is 5.30. The molecule has 4 rings (SSSR count). The van der Waals surface area contributed by atoms with Crippen molar-refractivity contribution in [3.05, 3.63) is 88.0 Å². The summed E-state index contributed by atoms with van der Waals surface area (Å²) in [6, 6.07) is 12.5. The molecule has 152 valence electrons. The van der Waals surface area contributed by atoms with Crippen molar-refractivity contribution in [2.45, 2.75) is 6.18 Å². The molecule has 30 heavy (non-hydrogen) atoms. The second kappa shape index (κ2) is 7.42. The van der Waals surface area contributed by atoms with Crippen molar-refractivity contribution in [1.82, 2.24) is 0 Å². The maximum atomic E-state index is 13.2. The van der Waals surface area contributed by atoms with Crippen molar-refractivity contribution < 1.29 is 27.2 Å². The van der Waals surface area contributed by atoms with Crippen molar-refractivity contribution in [3.8, 4) is 0 Å². The molecule has 0 radical (unpaired) electrons. The number of alkyl halides is 3. The molecule has 0 atom stereocenters. The molecule has 0 fully saturated rings. The number of hydrogen-bond acceptors (Lipinski definition) is 4. The number of hydrogen-bond donors (Lipinski definition) is 1. The summed E-state index contributed by atoms with van der Waals surface area (Å²) in [6.45, 7) is 0. The van der Waals surface area contributed by atoms with Gasteiger partial charge in [0.15, 0.2) is 0 Å². The Balaban J connectivity index is 1.78. The van der Waals surface area contributed by atoms with E-state index in [1.54, 1.807) is 17.5 Å². The Hall–Kier alpha value is -3.46. The summed E-state index contributed by atoms with van der Waals surface area (Å²) in [5.41, 5.74) is -0.862. The smallest absolute Gasteiger partial charge is 0.350 e. The van der Waals surface area contributed by atoms with E-state index >= 15 is 0 Å². The summed E-state index contributed by atoms with van der Waals surface area (Å²) in [7, 11) is 0. The topological polar surface area (TPSA) is 49.4 Å². The molecule has 1 aromatic heterocycles. The second-order valence-electron chi connectivity index (χ2n) is 6.35. The van der Waals surface area contributed by atoms with Crippen LogP contribution in [0.25, 0.3) is 5.57 Å². The average molecular weight is 432 g/mol. The van der Waals surface area contributed by atoms with Crippen LogP contribution in [-0.4, -0.2) is 11.8 Å². The summed E-state index contributed by atoms with van der Waals surface area (Å²) >= 11 is 1.21. The van der Waals surface area contributed by atoms with Gasteiger partial charge in [0.05, 0.1) is 16.8 Å². The van der Waals surface area contributed by atoms with Gasteiger partial charge in [0.1, 0.15) is 11.5 Å². The van der Waals surface area contributed by atoms with Crippen LogP contribution in [0.4, 0.5) is 28.9 Å². The van der Waals surface area contributed by atoms with E-state index in [-0.39, 0.29) is 17.0 Å². The Morgan fingerprint density at radius 2 is 1.63 bits per heavy atom. The van der Waals surface area contributed by atoms with Gasteiger partial charge in [0.2, 0.25) is 0 Å². The van der Waals surface area contributed by atoms with Gasteiger partial charge in [-0.2, -0.15) is 13.2 Å². The van der Waals surface area contributed by atoms with E-state index in [9.17, 15) is 27.2 Å². The van der Waals surface area contributed by atoms with Gasteiger partial charge < -0.3 is 5.32 Å². The predicted molar refractivity (Wildman–Crippen MR) is 105 cm³/mol. The van der Waals surface area contributed by atoms with E-state index in [2.05, 4.69) is 5.32 Å². The van der Waals surface area contributed by atoms with Crippen LogP contribution < -0.4 is 10.2 Å². The maximum Gasteiger partial charge on any atom is 0.416 e. The minimum atomic E-state index is -4.62. The van der Waals surface area contributed by atoms with Crippen molar-refractivity contribution >= 4 is 40.1 Å². The number of benzene rings is 2. The van der Waals surface area contributed by atoms with Gasteiger partial charge in [-0.05, 0) is 53.9 Å². The van der Waals surface area contributed by atoms with Gasteiger partial charge in [-0.25, -0.2) is 9.29 Å². The number of amides is 2. The number of thiophene rings is 1. The molecular formula is C21H12F4N2O2S. The van der Waals surface area contributed by atoms with Gasteiger partial charge in [-0.1, -0.05) is 12.1 Å². The Kier molecular flexibility index (Phi) is 4.90. The Morgan fingerprint density at radius 1 is 0.900 bits per heavy atom. The SMILES string of the molecule is O=C1C(Nc2ccc(F)cc2)=C(c2cccs2)C(=O)N1c1cccc(C(F)(F)F)c1. The molecule has 0 saturated heterocycles. The number of nitrogens with one attached hydrogen (secondary N) is 1. The highest BCUT2D eigenvalue weighted by Gasteiger charge is 2.41. The summed E-state index contributed by atoms with van der Waals surface area (Å²) in [5, 5.41) is 4.53. The molecule has 2 amide bonds. The zero-order chi connectivity index (χ0) is 21.5. The van der Waals surface area contributed by atoms with Crippen molar-refractivity contribution in [2.24, 2.45) is 0 Å². The number of imide groups is 1. The molecule has 4 nitrogen and oxygen atoms in total. The first-order valence-electron chi connectivity index (χ1n) is 8.62. The number of rotatable bonds is 4. The van der Waals surface area contributed by atoms with Crippen LogP contribution in [0.15, 0.2) is 71.7 Å². The van der Waals surface area contributed by atoms with Crippen molar-refractivity contribution in [2.75, 3.05) is 10.2 Å². The lowest BCUT2D eigenvalue weighted by molar-refractivity contribution is -0.137. The molecule has 2 aromatic carbocycles. The number of nitrogens with zero attached hydrogens (tertiary/aromatic N) is 1. The third-order valence-corrected chi connectivity index (χ3v) is 5.28. The molecule has 1 aliphatic heterocycles. The van der Waals surface area contributed by atoms with E-state index in [0.717, 1.165) is 18.2 Å². The minimum absolute atomic E-state index is 0.0386. The summed E-state index contributed by atoms with van der Waals surface area (Å²) < 4.78 is 52.5. The van der Waals surface area contributed by atoms with E-state index in [4.69, 9.17) is 0 Å². The van der Waals surface area contributed by atoms with Gasteiger partial charge >= 0.3 is 6.18 Å². The lowest BCUT2D eigenvalue weighted by atomic mass is 10.1. The number of anilines is 2. The van der Waals surface area contributed by atoms with Gasteiger partial charge in [0.25, 0.3) is 11.8 Å². The summed E-state index contributed by atoms with van der Waals surface area (Å²) in [5.74, 6) is -2.02. The zero-order valence-corrected chi connectivity index (χ0v) is 15.9. The fourth-order valence-electron chi connectivity index (χ4n) is 3.03. The first-order chi connectivity index (χ1) is 14.3. The average Bonchev–Trinajstić information content (AvgIpc) is 3.30. The lowest BCUT2D eigenvalue weighted by Gasteiger charge is -2.17. The Bertz CT molecular complexity index is 1150. The van der Waals surface area contributed by atoms with Crippen LogP contribution in [0.3, 0.4) is 0 Å². The molecule has 9 heteroatoms. The molecule has 0 saturated carbocycles. The Morgan fingerprint density at radius 3 is 2.27 bits per heavy atom. The monoisotopic (exact) mass is 432 g/mol. The first kappa shape index (κ1) is 19.8. The summed E-state index contributed by atoms with van der Waals surface area (Å²) in [4.78, 5) is 27.4. The molecule has 0 unspecified atom stereocenters. The molecule has 0 spiro atoms. The zero-order valence-electron chi connectivity index (χ0n) is 15.0. The normalized spacial score (nSPS) is 14.6. The van der Waals surface area contributed by atoms with Crippen LogP contribution in [-0.2, 0) is 15.8 Å². The highest BCUT2D eigenvalue weighted by atomic mass is 32.1. The van der Waals surface area contributed by atoms with Crippen LogP contribution in [0.5, 0.6) is 0 Å². The van der Waals surface area contributed by atoms with Crippen molar-refractivity contribution in [3.63, 3.8) is 0 Å². The highest BCUT2D eigenvalue weighted by Crippen LogP contribution is 2.37. The van der Waals surface area contributed by atoms with Gasteiger partial charge in [-0.15, -0.1) is 11.3 Å². The van der Waals surface area contributed by atoms with Crippen LogP contribution in [0, 0.1) is 5.82 Å². The minimum Gasteiger partial charge on any atom is -0.350 e. The number of carbonyl (C=O) groups is 2. The van der Waals surface area contributed by atoms with E-state index < -0.39 is 29.4 Å². The lowest BCUT2D eigenvalue weighted by Crippen LogP contribution is -2.32. The fraction of sp³-hybridized carbons (Fsp3) is 0.0476. The Labute approximate surface area is 172 Å². The van der Waals surface area contributed by atoms with E-state index in [1.807, 2.05) is 0 Å². The van der Waals surface area contributed by atoms with Crippen LogP contribution >= 0.6 is 11.3 Å². The van der Waals surface area contributed by atoms with Crippen molar-refractivity contribution in [1.29, 1.82) is 0 Å². The third-order valence-electron chi connectivity index (χ3n) is 4.40. The largest absolute Gasteiger partial charge is 0.416 e. The second-order valence-corrected chi connectivity index (χ2v) is 7.30. The van der Waals surface area contributed by atoms with Crippen LogP contribution in [0.2, 0.25) is 0 Å². The molecule has 0 bridgehead atoms. The third kappa shape index (κ3) is 3.59. The first-order valence-corrected chi connectivity index (χ1v) is 9.50. The quantitative estimate of drug-likeness (QED) is 0.450. The molecule has 1 aliphatic rings. The molecular weight excluding hydrogens is 420 g/mol. The molecule has 3 aromatic rings. The van der Waals surface area contributed by atoms with Gasteiger partial charge in [0, 0.05) is 10.6 Å². The highest BCUT2D eigenvalue weighted by molar-refractivity contribution is 7.11. The van der Waals surface area contributed by atoms with Crippen LogP contribution in [0.1, 0.15) is 10.4 Å². The molecule has 0 aliphatic carbocycles. The number of halogens is 4.